The lowest BCUT2D eigenvalue weighted by atomic mass is 10.1. The number of likely N-dealkylation sites (tertiary alicyclic amines) is 2. The molecule has 2 saturated heterocycles. The number of para-hydroxylation sites is 1. The van der Waals surface area contributed by atoms with E-state index in [1.54, 1.807) is 28.5 Å². The number of rotatable bonds is 7. The van der Waals surface area contributed by atoms with Crippen LogP contribution in [0.5, 0.6) is 0 Å². The number of fused-ring (bicyclic) bond motifs is 1. The molecule has 1 atom stereocenters. The summed E-state index contributed by atoms with van der Waals surface area (Å²) in [6.07, 6.45) is 5.25. The molecular weight excluding hydrogens is 468 g/mol. The largest absolute Gasteiger partial charge is 0.342 e. The van der Waals surface area contributed by atoms with Crippen LogP contribution in [0, 0.1) is 0 Å². The van der Waals surface area contributed by atoms with Gasteiger partial charge in [0, 0.05) is 36.3 Å². The van der Waals surface area contributed by atoms with Gasteiger partial charge in [-0.3, -0.25) is 14.2 Å². The average Bonchev–Trinajstić information content (AvgIpc) is 3.25. The summed E-state index contributed by atoms with van der Waals surface area (Å²) in [7, 11) is 0. The van der Waals surface area contributed by atoms with Gasteiger partial charge in [-0.25, -0.2) is 4.98 Å². The van der Waals surface area contributed by atoms with E-state index in [1.165, 1.54) is 19.3 Å². The minimum atomic E-state index is -0.0932. The molecule has 2 fully saturated rings. The fourth-order valence-electron chi connectivity index (χ4n) is 4.86. The number of hydrogen-bond donors (Lipinski definition) is 0. The third kappa shape index (κ3) is 5.16. The maximum Gasteiger partial charge on any atom is 0.266 e. The molecule has 2 aliphatic heterocycles. The Bertz CT molecular complexity index is 1220. The maximum atomic E-state index is 13.6. The number of piperidine rings is 1. The molecule has 34 heavy (non-hydrogen) atoms. The minimum absolute atomic E-state index is 0.0932. The van der Waals surface area contributed by atoms with Crippen LogP contribution >= 0.6 is 23.4 Å². The predicted molar refractivity (Wildman–Crippen MR) is 138 cm³/mol. The number of benzene rings is 2. The number of hydrogen-bond acceptors (Lipinski definition) is 5. The highest BCUT2D eigenvalue weighted by Crippen LogP contribution is 2.28. The smallest absolute Gasteiger partial charge is 0.266 e. The Morgan fingerprint density at radius 2 is 1.68 bits per heavy atom. The molecule has 3 aromatic rings. The summed E-state index contributed by atoms with van der Waals surface area (Å²) in [5.41, 5.74) is 1.34. The van der Waals surface area contributed by atoms with E-state index in [0.29, 0.717) is 34.0 Å². The number of halogens is 1. The zero-order valence-corrected chi connectivity index (χ0v) is 20.7. The van der Waals surface area contributed by atoms with Crippen molar-refractivity contribution in [1.82, 2.24) is 19.4 Å². The number of nitrogens with zero attached hydrogens (tertiary/aromatic N) is 4. The number of carbonyl (C=O) groups excluding carboxylic acids is 1. The first-order chi connectivity index (χ1) is 16.6. The topological polar surface area (TPSA) is 58.4 Å². The molecule has 1 aromatic heterocycles. The van der Waals surface area contributed by atoms with Gasteiger partial charge in [-0.1, -0.05) is 41.9 Å². The highest BCUT2D eigenvalue weighted by molar-refractivity contribution is 7.99. The normalized spacial score (nSPS) is 18.0. The summed E-state index contributed by atoms with van der Waals surface area (Å²) >= 11 is 7.73. The second-order valence-corrected chi connectivity index (χ2v) is 10.8. The van der Waals surface area contributed by atoms with Gasteiger partial charge in [0.05, 0.1) is 16.6 Å². The Balaban J connectivity index is 1.54. The zero-order chi connectivity index (χ0) is 23.5. The summed E-state index contributed by atoms with van der Waals surface area (Å²) in [6, 6.07) is 14.8. The van der Waals surface area contributed by atoms with E-state index < -0.39 is 0 Å². The molecule has 2 aromatic carbocycles. The van der Waals surface area contributed by atoms with E-state index in [-0.39, 0.29) is 16.7 Å². The Hall–Kier alpha value is -2.35. The van der Waals surface area contributed by atoms with E-state index >= 15 is 0 Å². The third-order valence-electron chi connectivity index (χ3n) is 6.61. The highest BCUT2D eigenvalue weighted by Gasteiger charge is 2.27. The van der Waals surface area contributed by atoms with Gasteiger partial charge in [0.15, 0.2) is 5.16 Å². The van der Waals surface area contributed by atoms with Gasteiger partial charge in [-0.05, 0) is 68.8 Å². The van der Waals surface area contributed by atoms with Crippen LogP contribution in [-0.2, 0) is 4.79 Å². The quantitative estimate of drug-likeness (QED) is 0.353. The molecule has 0 aliphatic carbocycles. The van der Waals surface area contributed by atoms with Crippen LogP contribution in [0.25, 0.3) is 16.6 Å². The first kappa shape index (κ1) is 23.4. The van der Waals surface area contributed by atoms with Crippen LogP contribution in [-0.4, -0.2) is 63.2 Å². The molecule has 6 nitrogen and oxygen atoms in total. The van der Waals surface area contributed by atoms with Crippen LogP contribution in [0.3, 0.4) is 0 Å². The standard InChI is InChI=1S/C26H29ClN4O2S/c27-19-10-12-20(13-11-19)31-25(33)22-7-2-3-8-23(22)28-26(31)34-21(17-29-14-4-1-5-15-29)18-30-16-6-9-24(30)32/h2-3,7-8,10-13,21H,1,4-6,9,14-18H2. The number of thioether (sulfide) groups is 1. The van der Waals surface area contributed by atoms with Crippen molar-refractivity contribution in [3.8, 4) is 5.69 Å². The summed E-state index contributed by atoms with van der Waals surface area (Å²) in [4.78, 5) is 35.4. The molecule has 0 bridgehead atoms. The molecule has 1 amide bonds. The van der Waals surface area contributed by atoms with Crippen LogP contribution in [0.4, 0.5) is 0 Å². The van der Waals surface area contributed by atoms with Crippen molar-refractivity contribution in [3.05, 3.63) is 63.9 Å². The molecule has 0 radical (unpaired) electrons. The van der Waals surface area contributed by atoms with Gasteiger partial charge >= 0.3 is 0 Å². The molecule has 0 spiro atoms. The monoisotopic (exact) mass is 496 g/mol. The second-order valence-electron chi connectivity index (χ2n) is 9.07. The van der Waals surface area contributed by atoms with Crippen molar-refractivity contribution in [2.24, 2.45) is 0 Å². The first-order valence-corrected chi connectivity index (χ1v) is 13.3. The van der Waals surface area contributed by atoms with Crippen LogP contribution in [0.1, 0.15) is 32.1 Å². The predicted octanol–water partition coefficient (Wildman–Crippen LogP) is 4.61. The van der Waals surface area contributed by atoms with Gasteiger partial charge in [-0.15, -0.1) is 0 Å². The van der Waals surface area contributed by atoms with Crippen molar-refractivity contribution in [3.63, 3.8) is 0 Å². The molecule has 5 rings (SSSR count). The van der Waals surface area contributed by atoms with Crippen molar-refractivity contribution >= 4 is 40.2 Å². The minimum Gasteiger partial charge on any atom is -0.342 e. The van der Waals surface area contributed by atoms with Gasteiger partial charge in [0.1, 0.15) is 0 Å². The fraction of sp³-hybridized carbons (Fsp3) is 0.423. The van der Waals surface area contributed by atoms with Crippen molar-refractivity contribution in [2.45, 2.75) is 42.5 Å². The van der Waals surface area contributed by atoms with E-state index in [4.69, 9.17) is 16.6 Å². The van der Waals surface area contributed by atoms with Gasteiger partial charge in [0.2, 0.25) is 5.91 Å². The highest BCUT2D eigenvalue weighted by atomic mass is 35.5. The molecule has 3 heterocycles. The number of aromatic nitrogens is 2. The van der Waals surface area contributed by atoms with E-state index in [2.05, 4.69) is 4.90 Å². The summed E-state index contributed by atoms with van der Waals surface area (Å²) in [5, 5.41) is 1.98. The number of amides is 1. The average molecular weight is 497 g/mol. The van der Waals surface area contributed by atoms with Gasteiger partial charge < -0.3 is 9.80 Å². The second kappa shape index (κ2) is 10.5. The van der Waals surface area contributed by atoms with E-state index in [9.17, 15) is 9.59 Å². The van der Waals surface area contributed by atoms with Crippen LogP contribution in [0.2, 0.25) is 5.02 Å². The lowest BCUT2D eigenvalue weighted by Gasteiger charge is -2.32. The molecular formula is C26H29ClN4O2S. The lowest BCUT2D eigenvalue weighted by Crippen LogP contribution is -2.41. The third-order valence-corrected chi connectivity index (χ3v) is 7.98. The molecule has 1 unspecified atom stereocenters. The Morgan fingerprint density at radius 3 is 2.41 bits per heavy atom. The molecule has 0 saturated carbocycles. The number of carbonyl (C=O) groups is 1. The van der Waals surface area contributed by atoms with Crippen LogP contribution in [0.15, 0.2) is 58.5 Å². The molecule has 2 aliphatic rings. The SMILES string of the molecule is O=C1CCCN1CC(CN1CCCCC1)Sc1nc2ccccc2c(=O)n1-c1ccc(Cl)cc1. The zero-order valence-electron chi connectivity index (χ0n) is 19.2. The Morgan fingerprint density at radius 1 is 0.912 bits per heavy atom. The first-order valence-electron chi connectivity index (χ1n) is 12.0. The van der Waals surface area contributed by atoms with Crippen molar-refractivity contribution in [2.75, 3.05) is 32.7 Å². The molecule has 178 valence electrons. The lowest BCUT2D eigenvalue weighted by molar-refractivity contribution is -0.127. The fourth-order valence-corrected chi connectivity index (χ4v) is 6.27. The Kier molecular flexibility index (Phi) is 7.23. The summed E-state index contributed by atoms with van der Waals surface area (Å²) < 4.78 is 1.69. The van der Waals surface area contributed by atoms with E-state index in [0.717, 1.165) is 38.3 Å². The molecule has 0 N–H and O–H groups in total. The summed E-state index contributed by atoms with van der Waals surface area (Å²) in [6.45, 7) is 4.52. The molecule has 8 heteroatoms. The van der Waals surface area contributed by atoms with E-state index in [1.807, 2.05) is 41.3 Å². The van der Waals surface area contributed by atoms with Gasteiger partial charge in [-0.2, -0.15) is 0 Å². The summed E-state index contributed by atoms with van der Waals surface area (Å²) in [5.74, 6) is 0.228. The van der Waals surface area contributed by atoms with Crippen molar-refractivity contribution < 1.29 is 4.79 Å². The van der Waals surface area contributed by atoms with Gasteiger partial charge in [0.25, 0.3) is 5.56 Å². The maximum absolute atomic E-state index is 13.6. The van der Waals surface area contributed by atoms with Crippen LogP contribution < -0.4 is 5.56 Å². The Labute approximate surface area is 208 Å². The van der Waals surface area contributed by atoms with Crippen molar-refractivity contribution in [1.29, 1.82) is 0 Å².